The van der Waals surface area contributed by atoms with Crippen LogP contribution in [-0.2, 0) is 6.42 Å². The molecule has 0 saturated heterocycles. The molecular weight excluding hydrogens is 294 g/mol. The summed E-state index contributed by atoms with van der Waals surface area (Å²) in [5.41, 5.74) is 1.11. The van der Waals surface area contributed by atoms with Crippen LogP contribution in [0.2, 0.25) is 0 Å². The molecule has 3 unspecified atom stereocenters. The van der Waals surface area contributed by atoms with Crippen molar-refractivity contribution in [3.8, 4) is 0 Å². The van der Waals surface area contributed by atoms with Crippen LogP contribution in [0.25, 0.3) is 0 Å². The highest BCUT2D eigenvalue weighted by atomic mass is 79.9. The van der Waals surface area contributed by atoms with Gasteiger partial charge < -0.3 is 0 Å². The van der Waals surface area contributed by atoms with E-state index in [1.165, 1.54) is 19.3 Å². The van der Waals surface area contributed by atoms with Gasteiger partial charge in [-0.1, -0.05) is 40.5 Å². The molecule has 18 heavy (non-hydrogen) atoms. The van der Waals surface area contributed by atoms with E-state index < -0.39 is 0 Å². The second-order valence-electron chi connectivity index (χ2n) is 5.44. The number of benzene rings is 1. The summed E-state index contributed by atoms with van der Waals surface area (Å²) < 4.78 is 0. The average Bonchev–Trinajstić information content (AvgIpc) is 2.84. The van der Waals surface area contributed by atoms with Gasteiger partial charge in [-0.05, 0) is 37.0 Å². The van der Waals surface area contributed by atoms with E-state index in [1.54, 1.807) is 12.1 Å². The molecule has 0 N–H and O–H groups in total. The topological polar surface area (TPSA) is 43.1 Å². The summed E-state index contributed by atoms with van der Waals surface area (Å²) in [7, 11) is 0. The minimum Gasteiger partial charge on any atom is -0.258 e. The van der Waals surface area contributed by atoms with E-state index in [0.29, 0.717) is 4.83 Å². The summed E-state index contributed by atoms with van der Waals surface area (Å²) in [6.07, 6.45) is 4.86. The Balaban J connectivity index is 1.71. The Morgan fingerprint density at radius 2 is 2.00 bits per heavy atom. The molecule has 0 aromatic heterocycles. The fourth-order valence-corrected chi connectivity index (χ4v) is 4.75. The van der Waals surface area contributed by atoms with Crippen LogP contribution in [0.3, 0.4) is 0 Å². The van der Waals surface area contributed by atoms with Gasteiger partial charge in [-0.25, -0.2) is 0 Å². The van der Waals surface area contributed by atoms with Gasteiger partial charge in [0.2, 0.25) is 0 Å². The number of fused-ring (bicyclic) bond motifs is 1. The summed E-state index contributed by atoms with van der Waals surface area (Å²) >= 11 is 3.76. The largest absolute Gasteiger partial charge is 0.272 e. The molecule has 96 valence electrons. The van der Waals surface area contributed by atoms with Gasteiger partial charge in [0.1, 0.15) is 0 Å². The van der Waals surface area contributed by atoms with Crippen molar-refractivity contribution >= 4 is 21.6 Å². The third-order valence-corrected chi connectivity index (χ3v) is 5.43. The van der Waals surface area contributed by atoms with E-state index in [4.69, 9.17) is 0 Å². The molecule has 0 aliphatic heterocycles. The molecule has 3 atom stereocenters. The normalized spacial score (nSPS) is 30.8. The standard InChI is InChI=1S/C14H16BrNO2/c15-12(14-10-5-3-6-11(10)14)8-9-4-1-2-7-13(9)16(17)18/h1-2,4,7,10-12,14H,3,5-6,8H2. The summed E-state index contributed by atoms with van der Waals surface area (Å²) in [4.78, 5) is 11.1. The Kier molecular flexibility index (Phi) is 3.14. The Morgan fingerprint density at radius 1 is 1.33 bits per heavy atom. The third kappa shape index (κ3) is 2.07. The lowest BCUT2D eigenvalue weighted by Gasteiger charge is -2.12. The van der Waals surface area contributed by atoms with Crippen LogP contribution >= 0.6 is 15.9 Å². The lowest BCUT2D eigenvalue weighted by atomic mass is 10.0. The van der Waals surface area contributed by atoms with Gasteiger partial charge in [-0.2, -0.15) is 0 Å². The lowest BCUT2D eigenvalue weighted by molar-refractivity contribution is -0.385. The number of rotatable bonds is 4. The summed E-state index contributed by atoms with van der Waals surface area (Å²) in [5, 5.41) is 11.0. The predicted octanol–water partition coefficient (Wildman–Crippen LogP) is 3.95. The van der Waals surface area contributed by atoms with Crippen LogP contribution < -0.4 is 0 Å². The van der Waals surface area contributed by atoms with E-state index in [0.717, 1.165) is 29.7 Å². The van der Waals surface area contributed by atoms with Crippen molar-refractivity contribution in [2.24, 2.45) is 17.8 Å². The molecule has 2 aliphatic carbocycles. The van der Waals surface area contributed by atoms with Crippen molar-refractivity contribution in [3.05, 3.63) is 39.9 Å². The maximum absolute atomic E-state index is 11.0. The van der Waals surface area contributed by atoms with E-state index in [9.17, 15) is 10.1 Å². The molecular formula is C14H16BrNO2. The number of nitrogens with zero attached hydrogens (tertiary/aromatic N) is 1. The average molecular weight is 310 g/mol. The molecule has 1 aromatic carbocycles. The van der Waals surface area contributed by atoms with Crippen molar-refractivity contribution in [3.63, 3.8) is 0 Å². The Labute approximate surface area is 115 Å². The van der Waals surface area contributed by atoms with Gasteiger partial charge in [0.15, 0.2) is 0 Å². The van der Waals surface area contributed by atoms with Gasteiger partial charge in [-0.15, -0.1) is 0 Å². The van der Waals surface area contributed by atoms with Gasteiger partial charge >= 0.3 is 0 Å². The number of para-hydroxylation sites is 1. The molecule has 2 aliphatic rings. The smallest absolute Gasteiger partial charge is 0.258 e. The highest BCUT2D eigenvalue weighted by molar-refractivity contribution is 9.09. The minimum atomic E-state index is -0.275. The van der Waals surface area contributed by atoms with E-state index in [1.807, 2.05) is 12.1 Å². The lowest BCUT2D eigenvalue weighted by Crippen LogP contribution is -2.10. The first kappa shape index (κ1) is 12.2. The SMILES string of the molecule is O=[N+]([O-])c1ccccc1CC(Br)C1C2CCCC21. The molecule has 0 amide bonds. The molecule has 0 heterocycles. The molecule has 4 heteroatoms. The van der Waals surface area contributed by atoms with Crippen molar-refractivity contribution in [1.82, 2.24) is 0 Å². The number of hydrogen-bond acceptors (Lipinski definition) is 2. The molecule has 2 fully saturated rings. The molecule has 3 rings (SSSR count). The van der Waals surface area contributed by atoms with Crippen molar-refractivity contribution in [2.45, 2.75) is 30.5 Å². The van der Waals surface area contributed by atoms with Crippen LogP contribution in [0.15, 0.2) is 24.3 Å². The quantitative estimate of drug-likeness (QED) is 0.480. The van der Waals surface area contributed by atoms with Crippen LogP contribution in [0, 0.1) is 27.9 Å². The van der Waals surface area contributed by atoms with Crippen LogP contribution in [0.5, 0.6) is 0 Å². The molecule has 0 bridgehead atoms. The second-order valence-corrected chi connectivity index (χ2v) is 6.62. The fraction of sp³-hybridized carbons (Fsp3) is 0.571. The summed E-state index contributed by atoms with van der Waals surface area (Å²) in [6.45, 7) is 0. The Bertz CT molecular complexity index is 467. The Hall–Kier alpha value is -0.900. The van der Waals surface area contributed by atoms with Crippen LogP contribution in [0.1, 0.15) is 24.8 Å². The zero-order valence-corrected chi connectivity index (χ0v) is 11.7. The summed E-state index contributed by atoms with van der Waals surface area (Å²) in [6, 6.07) is 7.10. The molecule has 2 saturated carbocycles. The predicted molar refractivity (Wildman–Crippen MR) is 73.8 cm³/mol. The van der Waals surface area contributed by atoms with E-state index in [2.05, 4.69) is 15.9 Å². The first-order valence-corrected chi connectivity index (χ1v) is 7.46. The van der Waals surface area contributed by atoms with Gasteiger partial charge in [0.05, 0.1) is 4.92 Å². The zero-order valence-electron chi connectivity index (χ0n) is 10.1. The highest BCUT2D eigenvalue weighted by Gasteiger charge is 2.55. The Morgan fingerprint density at radius 3 is 2.67 bits per heavy atom. The molecule has 3 nitrogen and oxygen atoms in total. The molecule has 1 aromatic rings. The molecule has 0 spiro atoms. The van der Waals surface area contributed by atoms with Crippen LogP contribution in [0.4, 0.5) is 5.69 Å². The third-order valence-electron chi connectivity index (χ3n) is 4.49. The number of hydrogen-bond donors (Lipinski definition) is 0. The van der Waals surface area contributed by atoms with Crippen molar-refractivity contribution in [1.29, 1.82) is 0 Å². The number of halogens is 1. The maximum atomic E-state index is 11.0. The minimum absolute atomic E-state index is 0.257. The van der Waals surface area contributed by atoms with Crippen molar-refractivity contribution in [2.75, 3.05) is 0 Å². The fourth-order valence-electron chi connectivity index (χ4n) is 3.62. The zero-order chi connectivity index (χ0) is 12.7. The summed E-state index contributed by atoms with van der Waals surface area (Å²) in [5.74, 6) is 2.52. The maximum Gasteiger partial charge on any atom is 0.272 e. The van der Waals surface area contributed by atoms with Crippen molar-refractivity contribution < 1.29 is 4.92 Å². The van der Waals surface area contributed by atoms with Gasteiger partial charge in [-0.3, -0.25) is 10.1 Å². The number of alkyl halides is 1. The first-order valence-electron chi connectivity index (χ1n) is 6.55. The van der Waals surface area contributed by atoms with Crippen LogP contribution in [-0.4, -0.2) is 9.75 Å². The number of nitro groups is 1. The molecule has 0 radical (unpaired) electrons. The van der Waals surface area contributed by atoms with Gasteiger partial charge in [0.25, 0.3) is 5.69 Å². The number of nitro benzene ring substituents is 1. The highest BCUT2D eigenvalue weighted by Crippen LogP contribution is 2.60. The van der Waals surface area contributed by atoms with Gasteiger partial charge in [0, 0.05) is 16.5 Å². The first-order chi connectivity index (χ1) is 8.68. The second kappa shape index (κ2) is 4.65. The monoisotopic (exact) mass is 309 g/mol. The van der Waals surface area contributed by atoms with E-state index in [-0.39, 0.29) is 10.6 Å². The van der Waals surface area contributed by atoms with E-state index >= 15 is 0 Å².